The number of rotatable bonds is 6. The molecule has 0 unspecified atom stereocenters. The number of benzene rings is 6. The van der Waals surface area contributed by atoms with Crippen molar-refractivity contribution in [1.82, 2.24) is 14.5 Å². The maximum absolute atomic E-state index is 12.3. The molecule has 4 nitrogen and oxygen atoms in total. The molecule has 8 aromatic rings. The van der Waals surface area contributed by atoms with Crippen molar-refractivity contribution in [1.29, 1.82) is 0 Å². The van der Waals surface area contributed by atoms with Gasteiger partial charge >= 0.3 is 0 Å². The van der Waals surface area contributed by atoms with Gasteiger partial charge in [0.15, 0.2) is 0 Å². The number of aromatic nitrogens is 3. The molecule has 0 spiro atoms. The van der Waals surface area contributed by atoms with Crippen molar-refractivity contribution in [2.24, 2.45) is 0 Å². The minimum atomic E-state index is -0.287. The molecule has 0 saturated heterocycles. The Hall–Kier alpha value is -6.26. The molecule has 1 N–H and O–H groups in total. The first kappa shape index (κ1) is 40.5. The molecule has 6 aromatic carbocycles. The summed E-state index contributed by atoms with van der Waals surface area (Å²) >= 11 is 0. The van der Waals surface area contributed by atoms with Crippen LogP contribution in [0.5, 0.6) is 5.75 Å². The number of imidazole rings is 1. The summed E-state index contributed by atoms with van der Waals surface area (Å²) < 4.78 is 2.27. The molecule has 0 aliphatic rings. The average molecular weight is 788 g/mol. The van der Waals surface area contributed by atoms with Crippen molar-refractivity contribution in [3.63, 3.8) is 0 Å². The van der Waals surface area contributed by atoms with E-state index in [0.717, 1.165) is 66.9 Å². The smallest absolute Gasteiger partial charge is 0.149 e. The van der Waals surface area contributed by atoms with Crippen LogP contribution in [0.15, 0.2) is 140 Å². The number of para-hydroxylation sites is 1. The van der Waals surface area contributed by atoms with E-state index in [-0.39, 0.29) is 22.0 Å². The van der Waals surface area contributed by atoms with Crippen molar-refractivity contribution < 1.29 is 5.11 Å². The van der Waals surface area contributed by atoms with E-state index < -0.39 is 0 Å². The SMILES string of the molecule is Cc1ccc(-c2ccnc(-c3cc(-c4cccc5c4nc(-c4cc(C)cc(C(C)(C)C)c4O)n5-c4ccc(C(C)(C)C)cc4-c4ccccc4)cc(C(C)(C)C)c3)c2)cc1. The van der Waals surface area contributed by atoms with Crippen LogP contribution in [-0.2, 0) is 16.2 Å². The van der Waals surface area contributed by atoms with E-state index in [2.05, 4.69) is 214 Å². The molecule has 2 heterocycles. The lowest BCUT2D eigenvalue weighted by atomic mass is 9.83. The van der Waals surface area contributed by atoms with Crippen molar-refractivity contribution in [2.75, 3.05) is 0 Å². The van der Waals surface area contributed by atoms with Crippen LogP contribution in [0.25, 0.3) is 72.7 Å². The second-order valence-corrected chi connectivity index (χ2v) is 19.6. The van der Waals surface area contributed by atoms with Crippen molar-refractivity contribution in [3.05, 3.63) is 167 Å². The van der Waals surface area contributed by atoms with Crippen LogP contribution in [0.1, 0.15) is 90.1 Å². The third kappa shape index (κ3) is 7.79. The molecule has 8 rings (SSSR count). The number of hydrogen-bond donors (Lipinski definition) is 1. The minimum absolute atomic E-state index is 0.0597. The standard InChI is InChI=1S/C56H57N3O/c1-35-20-22-37(23-21-35)39-26-27-57-48(33-39)41-30-40(31-43(32-41)55(6,7)8)44-18-15-19-50-51(44)58-53(46-28-36(2)29-47(52(46)60)56(9,10)11)59(50)49-25-24-42(54(3,4)5)34-45(49)38-16-13-12-14-17-38/h12-34,60H,1-11H3. The van der Waals surface area contributed by atoms with E-state index in [1.807, 2.05) is 6.20 Å². The monoisotopic (exact) mass is 787 g/mol. The van der Waals surface area contributed by atoms with Crippen molar-refractivity contribution in [3.8, 4) is 67.5 Å². The second-order valence-electron chi connectivity index (χ2n) is 19.6. The first-order chi connectivity index (χ1) is 28.4. The fraction of sp³-hybridized carbons (Fsp3) is 0.250. The Balaban J connectivity index is 1.43. The van der Waals surface area contributed by atoms with Crippen LogP contribution >= 0.6 is 0 Å². The van der Waals surface area contributed by atoms with Crippen molar-refractivity contribution in [2.45, 2.75) is 92.4 Å². The van der Waals surface area contributed by atoms with Gasteiger partial charge in [-0.25, -0.2) is 4.98 Å². The number of phenols is 1. The molecule has 0 aliphatic carbocycles. The average Bonchev–Trinajstić information content (AvgIpc) is 3.60. The molecule has 0 saturated carbocycles. The molecule has 2 aromatic heterocycles. The Morgan fingerprint density at radius 3 is 1.87 bits per heavy atom. The Bertz CT molecular complexity index is 2880. The Morgan fingerprint density at radius 1 is 0.483 bits per heavy atom. The van der Waals surface area contributed by atoms with Gasteiger partial charge in [-0.15, -0.1) is 0 Å². The molecule has 0 amide bonds. The molecule has 0 aliphatic heterocycles. The number of aryl methyl sites for hydroxylation is 2. The summed E-state index contributed by atoms with van der Waals surface area (Å²) in [7, 11) is 0. The molecule has 302 valence electrons. The first-order valence-corrected chi connectivity index (χ1v) is 21.1. The summed E-state index contributed by atoms with van der Waals surface area (Å²) in [6.45, 7) is 24.2. The topological polar surface area (TPSA) is 50.9 Å². The van der Waals surface area contributed by atoms with Gasteiger partial charge in [0.05, 0.1) is 28.0 Å². The van der Waals surface area contributed by atoms with E-state index in [4.69, 9.17) is 9.97 Å². The number of hydrogen-bond acceptors (Lipinski definition) is 3. The van der Waals surface area contributed by atoms with E-state index in [9.17, 15) is 5.11 Å². The highest BCUT2D eigenvalue weighted by molar-refractivity contribution is 5.98. The van der Waals surface area contributed by atoms with Gasteiger partial charge in [0, 0.05) is 28.5 Å². The van der Waals surface area contributed by atoms with E-state index in [0.29, 0.717) is 11.4 Å². The number of fused-ring (bicyclic) bond motifs is 1. The third-order valence-corrected chi connectivity index (χ3v) is 11.7. The molecule has 0 fully saturated rings. The fourth-order valence-electron chi connectivity index (χ4n) is 8.20. The zero-order chi connectivity index (χ0) is 42.7. The molecule has 0 radical (unpaired) electrons. The van der Waals surface area contributed by atoms with Crippen LogP contribution in [0.4, 0.5) is 0 Å². The largest absolute Gasteiger partial charge is 0.507 e. The number of nitrogens with zero attached hydrogens (tertiary/aromatic N) is 3. The van der Waals surface area contributed by atoms with Gasteiger partial charge in [-0.1, -0.05) is 153 Å². The highest BCUT2D eigenvalue weighted by Gasteiger charge is 2.28. The van der Waals surface area contributed by atoms with Gasteiger partial charge in [0.25, 0.3) is 0 Å². The van der Waals surface area contributed by atoms with E-state index in [1.54, 1.807) is 0 Å². The minimum Gasteiger partial charge on any atom is -0.507 e. The Kier molecular flexibility index (Phi) is 10.2. The van der Waals surface area contributed by atoms with Gasteiger partial charge in [-0.05, 0) is 118 Å². The van der Waals surface area contributed by atoms with Gasteiger partial charge in [-0.3, -0.25) is 9.55 Å². The predicted octanol–water partition coefficient (Wildman–Crippen LogP) is 15.0. The normalized spacial score (nSPS) is 12.3. The number of pyridine rings is 1. The van der Waals surface area contributed by atoms with E-state index in [1.165, 1.54) is 22.3 Å². The van der Waals surface area contributed by atoms with Crippen LogP contribution < -0.4 is 0 Å². The lowest BCUT2D eigenvalue weighted by Gasteiger charge is -2.24. The first-order valence-electron chi connectivity index (χ1n) is 21.1. The van der Waals surface area contributed by atoms with Crippen LogP contribution in [0.3, 0.4) is 0 Å². The molecule has 60 heavy (non-hydrogen) atoms. The van der Waals surface area contributed by atoms with Gasteiger partial charge in [0.2, 0.25) is 0 Å². The lowest BCUT2D eigenvalue weighted by molar-refractivity contribution is 0.448. The summed E-state index contributed by atoms with van der Waals surface area (Å²) in [6, 6.07) is 47.9. The second kappa shape index (κ2) is 15.1. The zero-order valence-corrected chi connectivity index (χ0v) is 37.1. The maximum Gasteiger partial charge on any atom is 0.149 e. The summed E-state index contributed by atoms with van der Waals surface area (Å²) in [4.78, 5) is 10.5. The van der Waals surface area contributed by atoms with Crippen LogP contribution in [0.2, 0.25) is 0 Å². The molecule has 0 bridgehead atoms. The molecule has 4 heteroatoms. The Morgan fingerprint density at radius 2 is 1.18 bits per heavy atom. The van der Waals surface area contributed by atoms with E-state index >= 15 is 0 Å². The molecular weight excluding hydrogens is 731 g/mol. The summed E-state index contributed by atoms with van der Waals surface area (Å²) in [5, 5.41) is 12.3. The van der Waals surface area contributed by atoms with Crippen molar-refractivity contribution >= 4 is 11.0 Å². The number of phenolic OH excluding ortho intramolecular Hbond substituents is 1. The maximum atomic E-state index is 12.3. The molecule has 0 atom stereocenters. The lowest BCUT2D eigenvalue weighted by Crippen LogP contribution is -2.13. The highest BCUT2D eigenvalue weighted by Crippen LogP contribution is 2.45. The predicted molar refractivity (Wildman–Crippen MR) is 253 cm³/mol. The number of aromatic hydroxyl groups is 1. The van der Waals surface area contributed by atoms with Gasteiger partial charge in [0.1, 0.15) is 11.6 Å². The molecular formula is C56H57N3O. The Labute approximate surface area is 356 Å². The summed E-state index contributed by atoms with van der Waals surface area (Å²) in [5.74, 6) is 0.958. The third-order valence-electron chi connectivity index (χ3n) is 11.7. The van der Waals surface area contributed by atoms with Gasteiger partial charge in [-0.2, -0.15) is 0 Å². The summed E-state index contributed by atoms with van der Waals surface area (Å²) in [5.41, 5.74) is 17.3. The van der Waals surface area contributed by atoms with Crippen LogP contribution in [0, 0.1) is 13.8 Å². The quantitative estimate of drug-likeness (QED) is 0.183. The highest BCUT2D eigenvalue weighted by atomic mass is 16.3. The fourth-order valence-corrected chi connectivity index (χ4v) is 8.20. The van der Waals surface area contributed by atoms with Crippen LogP contribution in [-0.4, -0.2) is 19.6 Å². The zero-order valence-electron chi connectivity index (χ0n) is 37.1. The summed E-state index contributed by atoms with van der Waals surface area (Å²) in [6.07, 6.45) is 1.91. The van der Waals surface area contributed by atoms with Gasteiger partial charge < -0.3 is 5.11 Å².